The summed E-state index contributed by atoms with van der Waals surface area (Å²) in [4.78, 5) is 39.0. The van der Waals surface area contributed by atoms with Gasteiger partial charge in [-0.15, -0.1) is 0 Å². The van der Waals surface area contributed by atoms with Gasteiger partial charge in [0.25, 0.3) is 0 Å². The van der Waals surface area contributed by atoms with Gasteiger partial charge in [0.05, 0.1) is 24.7 Å². The summed E-state index contributed by atoms with van der Waals surface area (Å²) in [6, 6.07) is 4.12. The molecule has 0 spiro atoms. The summed E-state index contributed by atoms with van der Waals surface area (Å²) in [5.74, 6) is -3.85. The van der Waals surface area contributed by atoms with E-state index < -0.39 is 64.8 Å². The standard InChI is InChI=1S/C31H41F2NO8/c1-16(21-5-6-22(32)23(12-21)39-4)40-25-8-7-24(29(3,33)26(35)36)31(25,34)28(38)42-17(2)41-27(37)30-13-18-9-19(14-30)11-20(10-18)15-30/h5-6,12,16-20,24-25H,7-11,13-15,34H2,1-4H3,(H,35,36)/t16-,17+,18?,19?,20?,24+,25-,29?,30?,31-/m1/s1. The fourth-order valence-corrected chi connectivity index (χ4v) is 8.51. The van der Waals surface area contributed by atoms with Crippen LogP contribution in [0, 0.1) is 34.9 Å². The number of carbonyl (C=O) groups is 3. The maximum atomic E-state index is 15.6. The molecule has 6 rings (SSSR count). The zero-order valence-electron chi connectivity index (χ0n) is 24.6. The number of methoxy groups -OCH3 is 1. The van der Waals surface area contributed by atoms with Crippen LogP contribution in [0.5, 0.6) is 5.75 Å². The molecule has 11 heteroatoms. The van der Waals surface area contributed by atoms with Gasteiger partial charge in [0.1, 0.15) is 5.54 Å². The molecule has 5 fully saturated rings. The Morgan fingerprint density at radius 3 is 2.14 bits per heavy atom. The van der Waals surface area contributed by atoms with Gasteiger partial charge in [-0.25, -0.2) is 18.4 Å². The van der Waals surface area contributed by atoms with Gasteiger partial charge in [-0.1, -0.05) is 6.07 Å². The number of esters is 2. The van der Waals surface area contributed by atoms with Crippen molar-refractivity contribution in [1.82, 2.24) is 0 Å². The van der Waals surface area contributed by atoms with Crippen molar-refractivity contribution in [2.45, 2.75) is 102 Å². The molecule has 0 aliphatic heterocycles. The summed E-state index contributed by atoms with van der Waals surface area (Å²) in [7, 11) is 1.32. The van der Waals surface area contributed by atoms with Crippen LogP contribution in [0.3, 0.4) is 0 Å². The largest absolute Gasteiger partial charge is 0.494 e. The second-order valence-electron chi connectivity index (χ2n) is 13.2. The van der Waals surface area contributed by atoms with Crippen molar-refractivity contribution >= 4 is 17.9 Å². The molecule has 0 saturated heterocycles. The van der Waals surface area contributed by atoms with Crippen LogP contribution in [-0.2, 0) is 28.6 Å². The molecule has 5 saturated carbocycles. The second kappa shape index (κ2) is 11.0. The van der Waals surface area contributed by atoms with Crippen molar-refractivity contribution in [3.63, 3.8) is 0 Å². The third kappa shape index (κ3) is 5.27. The lowest BCUT2D eigenvalue weighted by atomic mass is 9.49. The Labute approximate surface area is 244 Å². The van der Waals surface area contributed by atoms with Crippen LogP contribution in [0.1, 0.15) is 83.8 Å². The second-order valence-corrected chi connectivity index (χ2v) is 13.2. The fraction of sp³-hybridized carbons (Fsp3) is 0.710. The monoisotopic (exact) mass is 593 g/mol. The first-order chi connectivity index (χ1) is 19.7. The van der Waals surface area contributed by atoms with Gasteiger partial charge in [-0.2, -0.15) is 0 Å². The highest BCUT2D eigenvalue weighted by molar-refractivity contribution is 5.86. The SMILES string of the molecule is COc1cc([C@@H](C)O[C@@H]2CC[C@@H](C(C)(F)C(=O)O)[C@]2(N)C(=O)O[C@@H](C)OC(=O)C23CC4CC(CC(C4)C2)C3)ccc1F. The van der Waals surface area contributed by atoms with Crippen molar-refractivity contribution in [2.24, 2.45) is 34.8 Å². The first-order valence-electron chi connectivity index (χ1n) is 14.8. The molecule has 42 heavy (non-hydrogen) atoms. The van der Waals surface area contributed by atoms with Crippen LogP contribution in [-0.4, -0.2) is 53.7 Å². The van der Waals surface area contributed by atoms with Crippen molar-refractivity contribution in [3.8, 4) is 5.75 Å². The van der Waals surface area contributed by atoms with E-state index in [4.69, 9.17) is 24.7 Å². The van der Waals surface area contributed by atoms with E-state index in [1.54, 1.807) is 6.92 Å². The zero-order chi connectivity index (χ0) is 30.6. The van der Waals surface area contributed by atoms with E-state index in [0.717, 1.165) is 45.4 Å². The Morgan fingerprint density at radius 1 is 1.02 bits per heavy atom. The highest BCUT2D eigenvalue weighted by Crippen LogP contribution is 2.60. The number of rotatable bonds is 10. The van der Waals surface area contributed by atoms with Crippen LogP contribution in [0.25, 0.3) is 0 Å². The molecule has 5 aliphatic rings. The molecule has 1 aromatic carbocycles. The number of aliphatic carboxylic acids is 1. The van der Waals surface area contributed by atoms with E-state index in [2.05, 4.69) is 0 Å². The molecule has 0 heterocycles. The number of hydrogen-bond donors (Lipinski definition) is 2. The Kier molecular flexibility index (Phi) is 8.06. The number of hydrogen-bond acceptors (Lipinski definition) is 8. The predicted molar refractivity (Wildman–Crippen MR) is 145 cm³/mol. The Balaban J connectivity index is 1.33. The summed E-state index contributed by atoms with van der Waals surface area (Å²) in [6.07, 6.45) is 2.49. The number of nitrogens with two attached hydrogens (primary N) is 1. The Hall–Kier alpha value is -2.79. The number of halogens is 2. The molecule has 6 atom stereocenters. The molecule has 0 amide bonds. The van der Waals surface area contributed by atoms with E-state index in [1.807, 2.05) is 0 Å². The minimum atomic E-state index is -2.88. The summed E-state index contributed by atoms with van der Waals surface area (Å²) in [6.45, 7) is 3.91. The summed E-state index contributed by atoms with van der Waals surface area (Å²) in [5, 5.41) is 9.66. The smallest absolute Gasteiger partial charge is 0.341 e. The van der Waals surface area contributed by atoms with Gasteiger partial charge >= 0.3 is 17.9 Å². The normalized spacial score (nSPS) is 36.1. The lowest BCUT2D eigenvalue weighted by molar-refractivity contribution is -0.208. The van der Waals surface area contributed by atoms with Crippen molar-refractivity contribution in [1.29, 1.82) is 0 Å². The molecular formula is C31H41F2NO8. The molecular weight excluding hydrogens is 552 g/mol. The summed E-state index contributed by atoms with van der Waals surface area (Å²) < 4.78 is 52.0. The molecule has 0 aromatic heterocycles. The highest BCUT2D eigenvalue weighted by Gasteiger charge is 2.64. The van der Waals surface area contributed by atoms with E-state index in [9.17, 15) is 23.9 Å². The van der Waals surface area contributed by atoms with Gasteiger partial charge in [-0.05, 0) is 101 Å². The Bertz CT molecular complexity index is 1200. The topological polar surface area (TPSA) is 134 Å². The van der Waals surface area contributed by atoms with Gasteiger partial charge in [0.15, 0.2) is 11.6 Å². The molecule has 3 N–H and O–H groups in total. The third-order valence-corrected chi connectivity index (χ3v) is 10.3. The van der Waals surface area contributed by atoms with E-state index >= 15 is 4.39 Å². The number of benzene rings is 1. The van der Waals surface area contributed by atoms with E-state index in [-0.39, 0.29) is 18.6 Å². The minimum Gasteiger partial charge on any atom is -0.494 e. The predicted octanol–water partition coefficient (Wildman–Crippen LogP) is 4.85. The number of carboxylic acid groups (broad SMARTS) is 1. The first-order valence-corrected chi connectivity index (χ1v) is 14.8. The van der Waals surface area contributed by atoms with Gasteiger partial charge in [0.2, 0.25) is 12.0 Å². The fourth-order valence-electron chi connectivity index (χ4n) is 8.51. The molecule has 0 radical (unpaired) electrons. The average molecular weight is 594 g/mol. The van der Waals surface area contributed by atoms with Crippen LogP contribution in [0.4, 0.5) is 8.78 Å². The molecule has 1 unspecified atom stereocenters. The Morgan fingerprint density at radius 2 is 1.60 bits per heavy atom. The molecule has 5 aliphatic carbocycles. The maximum Gasteiger partial charge on any atom is 0.341 e. The number of alkyl halides is 1. The van der Waals surface area contributed by atoms with Gasteiger partial charge in [0, 0.05) is 12.8 Å². The minimum absolute atomic E-state index is 0.0115. The lowest BCUT2D eigenvalue weighted by Gasteiger charge is -2.55. The van der Waals surface area contributed by atoms with Crippen molar-refractivity contribution in [2.75, 3.05) is 7.11 Å². The number of carboxylic acids is 1. The van der Waals surface area contributed by atoms with Crippen molar-refractivity contribution in [3.05, 3.63) is 29.6 Å². The average Bonchev–Trinajstić information content (AvgIpc) is 3.25. The molecule has 4 bridgehead atoms. The van der Waals surface area contributed by atoms with E-state index in [1.165, 1.54) is 32.2 Å². The number of carbonyl (C=O) groups excluding carboxylic acids is 2. The molecule has 1 aromatic rings. The molecule has 232 valence electrons. The maximum absolute atomic E-state index is 15.6. The quantitative estimate of drug-likeness (QED) is 0.288. The van der Waals surface area contributed by atoms with Crippen molar-refractivity contribution < 1.29 is 47.2 Å². The van der Waals surface area contributed by atoms with Gasteiger partial charge < -0.3 is 29.8 Å². The number of ether oxygens (including phenoxy) is 4. The van der Waals surface area contributed by atoms with E-state index in [0.29, 0.717) is 23.3 Å². The van der Waals surface area contributed by atoms with Crippen LogP contribution < -0.4 is 10.5 Å². The summed E-state index contributed by atoms with van der Waals surface area (Å²) in [5.41, 5.74) is 1.44. The summed E-state index contributed by atoms with van der Waals surface area (Å²) >= 11 is 0. The third-order valence-electron chi connectivity index (χ3n) is 10.3. The highest BCUT2D eigenvalue weighted by atomic mass is 19.1. The van der Waals surface area contributed by atoms with Crippen LogP contribution in [0.2, 0.25) is 0 Å². The van der Waals surface area contributed by atoms with Crippen LogP contribution in [0.15, 0.2) is 18.2 Å². The molecule has 9 nitrogen and oxygen atoms in total. The first kappa shape index (κ1) is 30.7. The van der Waals surface area contributed by atoms with Crippen LogP contribution >= 0.6 is 0 Å². The lowest BCUT2D eigenvalue weighted by Crippen LogP contribution is -2.65. The zero-order valence-corrected chi connectivity index (χ0v) is 24.6. The van der Waals surface area contributed by atoms with Gasteiger partial charge in [-0.3, -0.25) is 4.79 Å².